The molecule has 2 aromatic heterocycles. The molecule has 0 unspecified atom stereocenters. The average Bonchev–Trinajstić information content (AvgIpc) is 3.04. The third kappa shape index (κ3) is 3.79. The van der Waals surface area contributed by atoms with Crippen LogP contribution in [-0.2, 0) is 4.74 Å². The van der Waals surface area contributed by atoms with Crippen molar-refractivity contribution in [2.24, 2.45) is 0 Å². The molecule has 0 saturated heterocycles. The van der Waals surface area contributed by atoms with Crippen LogP contribution in [0.1, 0.15) is 17.4 Å². The molecular formula is C18H15F3N2O3. The van der Waals surface area contributed by atoms with Gasteiger partial charge in [-0.15, -0.1) is 0 Å². The molecule has 0 aliphatic carbocycles. The van der Waals surface area contributed by atoms with Gasteiger partial charge in [-0.2, -0.15) is 13.2 Å². The van der Waals surface area contributed by atoms with Crippen molar-refractivity contribution < 1.29 is 27.4 Å². The van der Waals surface area contributed by atoms with E-state index < -0.39 is 18.8 Å². The molecule has 1 aromatic carbocycles. The fourth-order valence-electron chi connectivity index (χ4n) is 2.50. The number of alkyl halides is 3. The van der Waals surface area contributed by atoms with E-state index in [4.69, 9.17) is 9.47 Å². The van der Waals surface area contributed by atoms with Crippen molar-refractivity contribution in [1.29, 1.82) is 0 Å². The van der Waals surface area contributed by atoms with Gasteiger partial charge >= 0.3 is 12.1 Å². The number of para-hydroxylation sites is 1. The number of fused-ring (bicyclic) bond motifs is 1. The molecule has 0 fully saturated rings. The van der Waals surface area contributed by atoms with E-state index in [0.717, 1.165) is 0 Å². The van der Waals surface area contributed by atoms with Gasteiger partial charge in [-0.1, -0.05) is 18.2 Å². The third-order valence-corrected chi connectivity index (χ3v) is 3.54. The van der Waals surface area contributed by atoms with Crippen LogP contribution in [0.4, 0.5) is 13.2 Å². The topological polar surface area (TPSA) is 52.8 Å². The largest absolute Gasteiger partial charge is 0.483 e. The molecule has 0 aliphatic heterocycles. The van der Waals surface area contributed by atoms with E-state index in [-0.39, 0.29) is 18.1 Å². The Bertz CT molecular complexity index is 935. The summed E-state index contributed by atoms with van der Waals surface area (Å²) >= 11 is 0. The van der Waals surface area contributed by atoms with Crippen LogP contribution in [0.25, 0.3) is 16.8 Å². The molecular weight excluding hydrogens is 349 g/mol. The number of esters is 1. The van der Waals surface area contributed by atoms with Gasteiger partial charge in [0.25, 0.3) is 0 Å². The first-order valence-corrected chi connectivity index (χ1v) is 7.83. The maximum Gasteiger partial charge on any atom is 0.422 e. The van der Waals surface area contributed by atoms with Crippen LogP contribution >= 0.6 is 0 Å². The second-order valence-electron chi connectivity index (χ2n) is 5.40. The van der Waals surface area contributed by atoms with Gasteiger partial charge in [0.2, 0.25) is 0 Å². The number of hydrogen-bond donors (Lipinski definition) is 0. The Morgan fingerprint density at radius 1 is 1.15 bits per heavy atom. The number of carbonyl (C=O) groups is 1. The Labute approximate surface area is 147 Å². The zero-order chi connectivity index (χ0) is 18.7. The summed E-state index contributed by atoms with van der Waals surface area (Å²) < 4.78 is 49.0. The Morgan fingerprint density at radius 2 is 1.88 bits per heavy atom. The first kappa shape index (κ1) is 17.8. The van der Waals surface area contributed by atoms with Crippen molar-refractivity contribution in [1.82, 2.24) is 9.38 Å². The molecule has 3 rings (SSSR count). The molecule has 2 heterocycles. The normalized spacial score (nSPS) is 11.5. The van der Waals surface area contributed by atoms with Crippen molar-refractivity contribution in [2.75, 3.05) is 13.2 Å². The van der Waals surface area contributed by atoms with E-state index in [9.17, 15) is 18.0 Å². The number of halogens is 3. The van der Waals surface area contributed by atoms with E-state index in [0.29, 0.717) is 16.8 Å². The third-order valence-electron chi connectivity index (χ3n) is 3.54. The number of hydrogen-bond acceptors (Lipinski definition) is 4. The van der Waals surface area contributed by atoms with Crippen molar-refractivity contribution >= 4 is 11.6 Å². The lowest BCUT2D eigenvalue weighted by molar-refractivity contribution is -0.153. The van der Waals surface area contributed by atoms with Crippen molar-refractivity contribution in [2.45, 2.75) is 13.1 Å². The minimum atomic E-state index is -4.44. The van der Waals surface area contributed by atoms with Gasteiger partial charge in [0.1, 0.15) is 11.4 Å². The highest BCUT2D eigenvalue weighted by Crippen LogP contribution is 2.33. The summed E-state index contributed by atoms with van der Waals surface area (Å²) in [7, 11) is 0. The maximum atomic E-state index is 12.5. The quantitative estimate of drug-likeness (QED) is 0.639. The summed E-state index contributed by atoms with van der Waals surface area (Å²) in [6.07, 6.45) is -1.24. The first-order chi connectivity index (χ1) is 12.4. The number of carbonyl (C=O) groups excluding carboxylic acids is 1. The van der Waals surface area contributed by atoms with E-state index in [2.05, 4.69) is 4.98 Å². The molecule has 0 aliphatic rings. The number of aromatic nitrogens is 2. The van der Waals surface area contributed by atoms with Crippen LogP contribution in [-0.4, -0.2) is 34.7 Å². The van der Waals surface area contributed by atoms with Gasteiger partial charge in [0.15, 0.2) is 12.3 Å². The monoisotopic (exact) mass is 364 g/mol. The summed E-state index contributed by atoms with van der Waals surface area (Å²) in [5, 5.41) is 0. The van der Waals surface area contributed by atoms with E-state index in [1.807, 2.05) is 0 Å². The van der Waals surface area contributed by atoms with Gasteiger partial charge in [-0.3, -0.25) is 0 Å². The minimum absolute atomic E-state index is 0.0820. The minimum Gasteiger partial charge on any atom is -0.483 e. The zero-order valence-corrected chi connectivity index (χ0v) is 13.8. The summed E-state index contributed by atoms with van der Waals surface area (Å²) in [4.78, 5) is 16.2. The Hall–Kier alpha value is -3.03. The molecule has 0 radical (unpaired) electrons. The molecule has 136 valence electrons. The molecule has 5 nitrogen and oxygen atoms in total. The molecule has 26 heavy (non-hydrogen) atoms. The summed E-state index contributed by atoms with van der Waals surface area (Å²) in [5.74, 6) is -0.484. The van der Waals surface area contributed by atoms with Crippen LogP contribution in [0.15, 0.2) is 48.8 Å². The Balaban J connectivity index is 2.04. The lowest BCUT2D eigenvalue weighted by atomic mass is 10.1. The van der Waals surface area contributed by atoms with Gasteiger partial charge in [0.05, 0.1) is 6.61 Å². The predicted octanol–water partition coefficient (Wildman–Crippen LogP) is 4.12. The lowest BCUT2D eigenvalue weighted by Crippen LogP contribution is -2.19. The molecule has 0 bridgehead atoms. The fraction of sp³-hybridized carbons (Fsp3) is 0.222. The first-order valence-electron chi connectivity index (χ1n) is 7.83. The van der Waals surface area contributed by atoms with Crippen molar-refractivity contribution in [3.8, 4) is 16.9 Å². The number of rotatable bonds is 5. The standard InChI is InChI=1S/C18H15F3N2O3/c1-2-25-17(24)14-10-23-9-5-7-13(16(23)22-14)12-6-3-4-8-15(12)26-11-18(19,20)21/h3-10H,2,11H2,1H3. The highest BCUT2D eigenvalue weighted by atomic mass is 19.4. The molecule has 0 amide bonds. The fourth-order valence-corrected chi connectivity index (χ4v) is 2.50. The van der Waals surface area contributed by atoms with Crippen molar-refractivity contribution in [3.63, 3.8) is 0 Å². The van der Waals surface area contributed by atoms with Crippen LogP contribution in [0.3, 0.4) is 0 Å². The number of pyridine rings is 1. The Kier molecular flexibility index (Phi) is 4.83. The smallest absolute Gasteiger partial charge is 0.422 e. The molecule has 0 N–H and O–H groups in total. The van der Waals surface area contributed by atoms with Gasteiger partial charge in [-0.25, -0.2) is 9.78 Å². The summed E-state index contributed by atoms with van der Waals surface area (Å²) in [6, 6.07) is 9.78. The van der Waals surface area contributed by atoms with E-state index >= 15 is 0 Å². The number of benzene rings is 1. The van der Waals surface area contributed by atoms with Gasteiger partial charge < -0.3 is 13.9 Å². The van der Waals surface area contributed by atoms with Gasteiger partial charge in [-0.05, 0) is 25.1 Å². The molecule has 3 aromatic rings. The lowest BCUT2D eigenvalue weighted by Gasteiger charge is -2.13. The molecule has 0 saturated carbocycles. The molecule has 0 atom stereocenters. The Morgan fingerprint density at radius 3 is 2.62 bits per heavy atom. The highest BCUT2D eigenvalue weighted by molar-refractivity contribution is 5.90. The second kappa shape index (κ2) is 7.07. The van der Waals surface area contributed by atoms with Crippen LogP contribution in [0.2, 0.25) is 0 Å². The summed E-state index contributed by atoms with van der Waals surface area (Å²) in [6.45, 7) is 0.511. The number of imidazole rings is 1. The van der Waals surface area contributed by atoms with Crippen LogP contribution in [0.5, 0.6) is 5.75 Å². The van der Waals surface area contributed by atoms with Crippen LogP contribution < -0.4 is 4.74 Å². The zero-order valence-electron chi connectivity index (χ0n) is 13.8. The highest BCUT2D eigenvalue weighted by Gasteiger charge is 2.29. The number of ether oxygens (including phenoxy) is 2. The van der Waals surface area contributed by atoms with Crippen LogP contribution in [0, 0.1) is 0 Å². The number of nitrogens with zero attached hydrogens (tertiary/aromatic N) is 2. The molecule has 0 spiro atoms. The van der Waals surface area contributed by atoms with E-state index in [1.54, 1.807) is 47.9 Å². The summed E-state index contributed by atoms with van der Waals surface area (Å²) in [5.41, 5.74) is 1.52. The van der Waals surface area contributed by atoms with E-state index in [1.165, 1.54) is 12.3 Å². The predicted molar refractivity (Wildman–Crippen MR) is 88.1 cm³/mol. The average molecular weight is 364 g/mol. The van der Waals surface area contributed by atoms with Crippen molar-refractivity contribution in [3.05, 3.63) is 54.5 Å². The van der Waals surface area contributed by atoms with Gasteiger partial charge in [0, 0.05) is 23.5 Å². The SMILES string of the molecule is CCOC(=O)c1cn2cccc(-c3ccccc3OCC(F)(F)F)c2n1. The molecule has 8 heteroatoms. The second-order valence-corrected chi connectivity index (χ2v) is 5.40. The maximum absolute atomic E-state index is 12.5.